The van der Waals surface area contributed by atoms with Crippen LogP contribution in [0.1, 0.15) is 52.0 Å². The van der Waals surface area contributed by atoms with Crippen LogP contribution in [0.5, 0.6) is 0 Å². The topological polar surface area (TPSA) is 60.7 Å². The largest absolute Gasteiger partial charge is 0.456 e. The quantitative estimate of drug-likeness (QED) is 0.661. The summed E-state index contributed by atoms with van der Waals surface area (Å²) < 4.78 is 7.06. The Hall–Kier alpha value is -2.47. The van der Waals surface area contributed by atoms with Crippen molar-refractivity contribution < 1.29 is 9.53 Å². The van der Waals surface area contributed by atoms with Gasteiger partial charge in [0, 0.05) is 16.6 Å². The Bertz CT molecular complexity index is 1020. The fourth-order valence-electron chi connectivity index (χ4n) is 3.32. The number of fused-ring (bicyclic) bond motifs is 3. The van der Waals surface area contributed by atoms with Crippen molar-refractivity contribution in [2.24, 2.45) is 0 Å². The molecule has 0 unspecified atom stereocenters. The van der Waals surface area contributed by atoms with Crippen LogP contribution in [-0.4, -0.2) is 15.4 Å². The zero-order chi connectivity index (χ0) is 18.1. The van der Waals surface area contributed by atoms with Gasteiger partial charge in [-0.2, -0.15) is 0 Å². The standard InChI is InChI=1S/C20H20N2O3S/c1-2-13-7-9-14(10-8-13)19(24)25-12-15-11-18(23)22-16-5-3-4-6-17(16)26-20(22)21-15/h7-11H,2-6,12H2,1H3. The van der Waals surface area contributed by atoms with E-state index in [2.05, 4.69) is 11.9 Å². The molecule has 1 aromatic carbocycles. The van der Waals surface area contributed by atoms with Crippen molar-refractivity contribution in [2.75, 3.05) is 0 Å². The third-order valence-electron chi connectivity index (χ3n) is 4.76. The number of nitrogens with zero attached hydrogens (tertiary/aromatic N) is 2. The van der Waals surface area contributed by atoms with Gasteiger partial charge >= 0.3 is 5.97 Å². The van der Waals surface area contributed by atoms with Crippen molar-refractivity contribution in [1.82, 2.24) is 9.38 Å². The van der Waals surface area contributed by atoms with Crippen LogP contribution in [0.15, 0.2) is 35.1 Å². The Morgan fingerprint density at radius 1 is 1.23 bits per heavy atom. The lowest BCUT2D eigenvalue weighted by molar-refractivity contribution is 0.0468. The molecule has 0 fully saturated rings. The van der Waals surface area contributed by atoms with Crippen LogP contribution >= 0.6 is 11.3 Å². The van der Waals surface area contributed by atoms with E-state index in [1.807, 2.05) is 12.1 Å². The van der Waals surface area contributed by atoms with Gasteiger partial charge in [0.15, 0.2) is 4.96 Å². The zero-order valence-electron chi connectivity index (χ0n) is 14.7. The number of rotatable bonds is 4. The van der Waals surface area contributed by atoms with E-state index in [1.54, 1.807) is 27.9 Å². The van der Waals surface area contributed by atoms with Gasteiger partial charge in [0.1, 0.15) is 6.61 Å². The molecule has 1 aliphatic rings. The molecule has 6 heteroatoms. The summed E-state index contributed by atoms with van der Waals surface area (Å²) in [7, 11) is 0. The maximum Gasteiger partial charge on any atom is 0.338 e. The second-order valence-electron chi connectivity index (χ2n) is 6.51. The minimum Gasteiger partial charge on any atom is -0.456 e. The number of carbonyl (C=O) groups is 1. The number of aryl methyl sites for hydroxylation is 3. The lowest BCUT2D eigenvalue weighted by Gasteiger charge is -2.10. The van der Waals surface area contributed by atoms with Crippen LogP contribution in [0.25, 0.3) is 4.96 Å². The van der Waals surface area contributed by atoms with E-state index in [0.717, 1.165) is 37.8 Å². The summed E-state index contributed by atoms with van der Waals surface area (Å²) in [6.45, 7) is 2.07. The van der Waals surface area contributed by atoms with Crippen molar-refractivity contribution in [3.63, 3.8) is 0 Å². The second kappa shape index (κ2) is 7.03. The van der Waals surface area contributed by atoms with Gasteiger partial charge < -0.3 is 4.74 Å². The molecule has 0 spiro atoms. The van der Waals surface area contributed by atoms with E-state index in [1.165, 1.54) is 16.5 Å². The highest BCUT2D eigenvalue weighted by atomic mass is 32.1. The summed E-state index contributed by atoms with van der Waals surface area (Å²) in [5.74, 6) is -0.403. The minimum absolute atomic E-state index is 0.00265. The molecule has 0 saturated heterocycles. The number of aromatic nitrogens is 2. The summed E-state index contributed by atoms with van der Waals surface area (Å²) >= 11 is 1.57. The maximum atomic E-state index is 12.5. The van der Waals surface area contributed by atoms with Crippen molar-refractivity contribution >= 4 is 22.3 Å². The van der Waals surface area contributed by atoms with E-state index in [9.17, 15) is 9.59 Å². The summed E-state index contributed by atoms with van der Waals surface area (Å²) in [6, 6.07) is 8.84. The van der Waals surface area contributed by atoms with Crippen LogP contribution in [0.3, 0.4) is 0 Å². The predicted molar refractivity (Wildman–Crippen MR) is 101 cm³/mol. The highest BCUT2D eigenvalue weighted by Crippen LogP contribution is 2.28. The maximum absolute atomic E-state index is 12.5. The Balaban J connectivity index is 1.53. The molecule has 2 heterocycles. The van der Waals surface area contributed by atoms with Crippen LogP contribution in [0.2, 0.25) is 0 Å². The Morgan fingerprint density at radius 2 is 2.00 bits per heavy atom. The highest BCUT2D eigenvalue weighted by molar-refractivity contribution is 7.17. The average Bonchev–Trinajstić information content (AvgIpc) is 3.05. The number of hydrogen-bond donors (Lipinski definition) is 0. The molecular formula is C20H20N2O3S. The van der Waals surface area contributed by atoms with Crippen molar-refractivity contribution in [2.45, 2.75) is 45.6 Å². The SMILES string of the molecule is CCc1ccc(C(=O)OCc2cc(=O)n3c4c(sc3n2)CCCC4)cc1. The Kier molecular flexibility index (Phi) is 4.59. The smallest absolute Gasteiger partial charge is 0.338 e. The predicted octanol–water partition coefficient (Wildman–Crippen LogP) is 3.55. The molecule has 0 saturated carbocycles. The van der Waals surface area contributed by atoms with Gasteiger partial charge in [-0.25, -0.2) is 9.78 Å². The summed E-state index contributed by atoms with van der Waals surface area (Å²) in [5.41, 5.74) is 3.18. The highest BCUT2D eigenvalue weighted by Gasteiger charge is 2.18. The van der Waals surface area contributed by atoms with Crippen LogP contribution < -0.4 is 5.56 Å². The van der Waals surface area contributed by atoms with Crippen molar-refractivity contribution in [1.29, 1.82) is 0 Å². The number of carbonyl (C=O) groups excluding carboxylic acids is 1. The number of benzene rings is 1. The van der Waals surface area contributed by atoms with E-state index in [0.29, 0.717) is 16.2 Å². The molecule has 0 aliphatic heterocycles. The van der Waals surface area contributed by atoms with E-state index < -0.39 is 5.97 Å². The molecule has 0 N–H and O–H groups in total. The van der Waals surface area contributed by atoms with Gasteiger partial charge in [-0.15, -0.1) is 11.3 Å². The van der Waals surface area contributed by atoms with Crippen molar-refractivity contribution in [3.05, 3.63) is 68.1 Å². The third kappa shape index (κ3) is 3.17. The van der Waals surface area contributed by atoms with Gasteiger partial charge in [0.05, 0.1) is 11.3 Å². The summed E-state index contributed by atoms with van der Waals surface area (Å²) in [6.07, 6.45) is 5.14. The summed E-state index contributed by atoms with van der Waals surface area (Å²) in [5, 5.41) is 0. The fourth-order valence-corrected chi connectivity index (χ4v) is 4.55. The minimum atomic E-state index is -0.403. The van der Waals surface area contributed by atoms with Crippen molar-refractivity contribution in [3.8, 4) is 0 Å². The first-order valence-corrected chi connectivity index (χ1v) is 9.76. The van der Waals surface area contributed by atoms with Gasteiger partial charge in [0.25, 0.3) is 5.56 Å². The van der Waals surface area contributed by atoms with Gasteiger partial charge in [-0.1, -0.05) is 19.1 Å². The van der Waals surface area contributed by atoms with Crippen LogP contribution in [-0.2, 0) is 30.6 Å². The van der Waals surface area contributed by atoms with Gasteiger partial charge in [0.2, 0.25) is 0 Å². The van der Waals surface area contributed by atoms with Gasteiger partial charge in [-0.3, -0.25) is 9.20 Å². The first-order chi connectivity index (χ1) is 12.7. The van der Waals surface area contributed by atoms with Crippen LogP contribution in [0, 0.1) is 0 Å². The third-order valence-corrected chi connectivity index (χ3v) is 5.91. The van der Waals surface area contributed by atoms with E-state index >= 15 is 0 Å². The lowest BCUT2D eigenvalue weighted by atomic mass is 10.0. The Morgan fingerprint density at radius 3 is 2.77 bits per heavy atom. The zero-order valence-corrected chi connectivity index (χ0v) is 15.5. The number of esters is 1. The number of ether oxygens (including phenoxy) is 1. The lowest BCUT2D eigenvalue weighted by Crippen LogP contribution is -2.18. The molecule has 0 radical (unpaired) electrons. The number of thiazole rings is 1. The van der Waals surface area contributed by atoms with E-state index in [4.69, 9.17) is 4.74 Å². The summed E-state index contributed by atoms with van der Waals surface area (Å²) in [4.78, 5) is 31.2. The molecule has 134 valence electrons. The first-order valence-electron chi connectivity index (χ1n) is 8.95. The normalized spacial score (nSPS) is 13.6. The van der Waals surface area contributed by atoms with Gasteiger partial charge in [-0.05, 0) is 49.8 Å². The molecule has 3 aromatic rings. The molecular weight excluding hydrogens is 348 g/mol. The molecule has 5 nitrogen and oxygen atoms in total. The molecule has 0 bridgehead atoms. The second-order valence-corrected chi connectivity index (χ2v) is 7.57. The molecule has 0 atom stereocenters. The number of hydrogen-bond acceptors (Lipinski definition) is 5. The first kappa shape index (κ1) is 17.0. The molecule has 4 rings (SSSR count). The molecule has 2 aromatic heterocycles. The Labute approximate surface area is 155 Å². The molecule has 0 amide bonds. The van der Waals surface area contributed by atoms with E-state index in [-0.39, 0.29) is 12.2 Å². The molecule has 26 heavy (non-hydrogen) atoms. The molecule has 1 aliphatic carbocycles. The average molecular weight is 368 g/mol. The van der Waals surface area contributed by atoms with Crippen LogP contribution in [0.4, 0.5) is 0 Å². The monoisotopic (exact) mass is 368 g/mol. The fraction of sp³-hybridized carbons (Fsp3) is 0.350.